The van der Waals surface area contributed by atoms with E-state index in [0.29, 0.717) is 19.0 Å². The number of carbonyl (C=O) groups excluding carboxylic acids is 1. The van der Waals surface area contributed by atoms with E-state index in [2.05, 4.69) is 20.9 Å². The van der Waals surface area contributed by atoms with Crippen LogP contribution in [-0.2, 0) is 4.79 Å². The van der Waals surface area contributed by atoms with Gasteiger partial charge in [-0.15, -0.1) is 0 Å². The van der Waals surface area contributed by atoms with Crippen LogP contribution >= 0.6 is 0 Å². The van der Waals surface area contributed by atoms with Gasteiger partial charge in [0.25, 0.3) is 0 Å². The maximum absolute atomic E-state index is 11.4. The van der Waals surface area contributed by atoms with Gasteiger partial charge >= 0.3 is 0 Å². The van der Waals surface area contributed by atoms with Crippen molar-refractivity contribution in [2.75, 3.05) is 24.2 Å². The first-order valence-electron chi connectivity index (χ1n) is 5.96. The van der Waals surface area contributed by atoms with Crippen LogP contribution in [0.4, 0.5) is 11.6 Å². The zero-order valence-corrected chi connectivity index (χ0v) is 9.99. The summed E-state index contributed by atoms with van der Waals surface area (Å²) in [5.74, 6) is 1.72. The van der Waals surface area contributed by atoms with Crippen LogP contribution in [0.15, 0.2) is 18.2 Å². The molecule has 0 atom stereocenters. The molecule has 1 amide bonds. The second kappa shape index (κ2) is 5.52. The molecular weight excluding hydrogens is 216 g/mol. The third kappa shape index (κ3) is 3.94. The van der Waals surface area contributed by atoms with Gasteiger partial charge < -0.3 is 16.0 Å². The summed E-state index contributed by atoms with van der Waals surface area (Å²) in [4.78, 5) is 15.7. The SMILES string of the molecule is CNc1cccc(NCCC(=O)NC2CC2)n1. The summed E-state index contributed by atoms with van der Waals surface area (Å²) in [5, 5.41) is 9.05. The number of hydrogen-bond acceptors (Lipinski definition) is 4. The number of aromatic nitrogens is 1. The fraction of sp³-hybridized carbons (Fsp3) is 0.500. The molecule has 1 aliphatic carbocycles. The average molecular weight is 234 g/mol. The van der Waals surface area contributed by atoms with Crippen LogP contribution in [-0.4, -0.2) is 30.5 Å². The summed E-state index contributed by atoms with van der Waals surface area (Å²) in [6.07, 6.45) is 2.75. The van der Waals surface area contributed by atoms with Gasteiger partial charge in [0.15, 0.2) is 0 Å². The Kier molecular flexibility index (Phi) is 3.80. The number of amides is 1. The highest BCUT2D eigenvalue weighted by atomic mass is 16.1. The van der Waals surface area contributed by atoms with Gasteiger partial charge in [-0.2, -0.15) is 0 Å². The summed E-state index contributed by atoms with van der Waals surface area (Å²) in [6.45, 7) is 0.610. The maximum Gasteiger partial charge on any atom is 0.221 e. The molecule has 0 spiro atoms. The molecule has 0 saturated heterocycles. The van der Waals surface area contributed by atoms with Crippen LogP contribution < -0.4 is 16.0 Å². The molecular formula is C12H18N4O. The topological polar surface area (TPSA) is 66.0 Å². The standard InChI is InChI=1S/C12H18N4O/c1-13-10-3-2-4-11(16-10)14-8-7-12(17)15-9-5-6-9/h2-4,9H,5-8H2,1H3,(H,15,17)(H2,13,14,16). The molecule has 0 radical (unpaired) electrons. The summed E-state index contributed by atoms with van der Waals surface area (Å²) in [6, 6.07) is 6.14. The van der Waals surface area contributed by atoms with Crippen LogP contribution in [0.3, 0.4) is 0 Å². The summed E-state index contributed by atoms with van der Waals surface area (Å²) < 4.78 is 0. The Morgan fingerprint density at radius 2 is 2.18 bits per heavy atom. The Labute approximate surface area is 101 Å². The van der Waals surface area contributed by atoms with E-state index in [1.807, 2.05) is 25.2 Å². The molecule has 1 aromatic heterocycles. The first kappa shape index (κ1) is 11.7. The fourth-order valence-corrected chi connectivity index (χ4v) is 1.50. The van der Waals surface area contributed by atoms with E-state index in [0.717, 1.165) is 24.5 Å². The largest absolute Gasteiger partial charge is 0.373 e. The van der Waals surface area contributed by atoms with E-state index >= 15 is 0 Å². The number of nitrogens with zero attached hydrogens (tertiary/aromatic N) is 1. The van der Waals surface area contributed by atoms with Gasteiger partial charge in [0.1, 0.15) is 11.6 Å². The lowest BCUT2D eigenvalue weighted by molar-refractivity contribution is -0.120. The van der Waals surface area contributed by atoms with E-state index in [1.54, 1.807) is 0 Å². The monoisotopic (exact) mass is 234 g/mol. The highest BCUT2D eigenvalue weighted by Gasteiger charge is 2.22. The molecule has 1 aromatic rings. The van der Waals surface area contributed by atoms with Gasteiger partial charge in [-0.1, -0.05) is 6.07 Å². The number of carbonyl (C=O) groups is 1. The normalized spacial score (nSPS) is 14.2. The molecule has 92 valence electrons. The van der Waals surface area contributed by atoms with Crippen LogP contribution in [0.1, 0.15) is 19.3 Å². The number of nitrogens with one attached hydrogen (secondary N) is 3. The van der Waals surface area contributed by atoms with Crippen molar-refractivity contribution in [2.45, 2.75) is 25.3 Å². The summed E-state index contributed by atoms with van der Waals surface area (Å²) in [5.41, 5.74) is 0. The molecule has 0 aliphatic heterocycles. The Morgan fingerprint density at radius 1 is 1.41 bits per heavy atom. The number of hydrogen-bond donors (Lipinski definition) is 3. The lowest BCUT2D eigenvalue weighted by atomic mass is 10.3. The molecule has 0 bridgehead atoms. The number of anilines is 2. The number of rotatable bonds is 6. The Balaban J connectivity index is 1.71. The zero-order valence-electron chi connectivity index (χ0n) is 9.99. The lowest BCUT2D eigenvalue weighted by Crippen LogP contribution is -2.27. The first-order chi connectivity index (χ1) is 8.28. The smallest absolute Gasteiger partial charge is 0.221 e. The van der Waals surface area contributed by atoms with Crippen LogP contribution in [0, 0.1) is 0 Å². The minimum absolute atomic E-state index is 0.116. The molecule has 17 heavy (non-hydrogen) atoms. The molecule has 1 heterocycles. The van der Waals surface area contributed by atoms with Gasteiger partial charge in [0, 0.05) is 26.1 Å². The molecule has 5 nitrogen and oxygen atoms in total. The molecule has 2 rings (SSSR count). The summed E-state index contributed by atoms with van der Waals surface area (Å²) in [7, 11) is 1.83. The van der Waals surface area contributed by atoms with Crippen molar-refractivity contribution in [1.29, 1.82) is 0 Å². The van der Waals surface area contributed by atoms with Gasteiger partial charge in [-0.25, -0.2) is 4.98 Å². The molecule has 0 aromatic carbocycles. The predicted molar refractivity (Wildman–Crippen MR) is 68.1 cm³/mol. The van der Waals surface area contributed by atoms with Crippen molar-refractivity contribution in [2.24, 2.45) is 0 Å². The van der Waals surface area contributed by atoms with Crippen molar-refractivity contribution in [3.63, 3.8) is 0 Å². The Morgan fingerprint density at radius 3 is 2.88 bits per heavy atom. The molecule has 1 saturated carbocycles. The summed E-state index contributed by atoms with van der Waals surface area (Å²) >= 11 is 0. The molecule has 0 unspecified atom stereocenters. The van der Waals surface area contributed by atoms with Gasteiger partial charge in [-0.3, -0.25) is 4.79 Å². The van der Waals surface area contributed by atoms with Crippen LogP contribution in [0.25, 0.3) is 0 Å². The second-order valence-electron chi connectivity index (χ2n) is 4.18. The quantitative estimate of drug-likeness (QED) is 0.692. The van der Waals surface area contributed by atoms with Crippen LogP contribution in [0.2, 0.25) is 0 Å². The Bertz CT molecular complexity index is 390. The third-order valence-electron chi connectivity index (χ3n) is 2.61. The third-order valence-corrected chi connectivity index (χ3v) is 2.61. The van der Waals surface area contributed by atoms with E-state index in [-0.39, 0.29) is 5.91 Å². The lowest BCUT2D eigenvalue weighted by Gasteiger charge is -2.07. The van der Waals surface area contributed by atoms with Crippen molar-refractivity contribution in [3.8, 4) is 0 Å². The zero-order chi connectivity index (χ0) is 12.1. The van der Waals surface area contributed by atoms with Crippen molar-refractivity contribution in [1.82, 2.24) is 10.3 Å². The van der Waals surface area contributed by atoms with Crippen molar-refractivity contribution < 1.29 is 4.79 Å². The molecule has 5 heteroatoms. The minimum atomic E-state index is 0.116. The second-order valence-corrected chi connectivity index (χ2v) is 4.18. The molecule has 1 fully saturated rings. The average Bonchev–Trinajstić information content (AvgIpc) is 3.13. The first-order valence-corrected chi connectivity index (χ1v) is 5.96. The fourth-order valence-electron chi connectivity index (χ4n) is 1.50. The highest BCUT2D eigenvalue weighted by Crippen LogP contribution is 2.18. The maximum atomic E-state index is 11.4. The van der Waals surface area contributed by atoms with Crippen molar-refractivity contribution in [3.05, 3.63) is 18.2 Å². The van der Waals surface area contributed by atoms with E-state index in [9.17, 15) is 4.79 Å². The molecule has 1 aliphatic rings. The minimum Gasteiger partial charge on any atom is -0.373 e. The van der Waals surface area contributed by atoms with E-state index in [1.165, 1.54) is 0 Å². The predicted octanol–water partition coefficient (Wildman–Crippen LogP) is 1.20. The van der Waals surface area contributed by atoms with Gasteiger partial charge in [0.05, 0.1) is 0 Å². The van der Waals surface area contributed by atoms with E-state index < -0.39 is 0 Å². The van der Waals surface area contributed by atoms with Gasteiger partial charge in [0.2, 0.25) is 5.91 Å². The van der Waals surface area contributed by atoms with E-state index in [4.69, 9.17) is 0 Å². The molecule has 3 N–H and O–H groups in total. The van der Waals surface area contributed by atoms with Crippen molar-refractivity contribution >= 4 is 17.5 Å². The van der Waals surface area contributed by atoms with Crippen LogP contribution in [0.5, 0.6) is 0 Å². The Hall–Kier alpha value is -1.78. The number of pyridine rings is 1. The highest BCUT2D eigenvalue weighted by molar-refractivity contribution is 5.77. The van der Waals surface area contributed by atoms with Gasteiger partial charge in [-0.05, 0) is 25.0 Å².